The molecular weight excluding hydrogens is 287 g/mol. The molecule has 1 aromatic carbocycles. The molecule has 0 saturated carbocycles. The summed E-state index contributed by atoms with van der Waals surface area (Å²) in [4.78, 5) is 17.4. The molecule has 0 atom stereocenters. The first-order valence-corrected chi connectivity index (χ1v) is 5.29. The predicted octanol–water partition coefficient (Wildman–Crippen LogP) is 2.28. The Balaban J connectivity index is 2.28. The van der Waals surface area contributed by atoms with Crippen LogP contribution in [0.15, 0.2) is 16.9 Å². The third-order valence-corrected chi connectivity index (χ3v) is 2.30. The highest BCUT2D eigenvalue weighted by molar-refractivity contribution is 5.77. The zero-order chi connectivity index (χ0) is 14.9. The van der Waals surface area contributed by atoms with Crippen molar-refractivity contribution in [1.82, 2.24) is 9.97 Å². The third-order valence-electron chi connectivity index (χ3n) is 2.30. The molecule has 0 aliphatic rings. The number of ether oxygens (including phenoxy) is 1. The molecule has 2 rings (SSSR count). The number of aromatic nitrogens is 2. The van der Waals surface area contributed by atoms with Gasteiger partial charge < -0.3 is 9.72 Å². The van der Waals surface area contributed by atoms with Crippen molar-refractivity contribution in [3.05, 3.63) is 39.9 Å². The molecule has 0 aliphatic heterocycles. The molecule has 0 unspecified atom stereocenters. The molecule has 9 heteroatoms. The van der Waals surface area contributed by atoms with Crippen LogP contribution in [-0.4, -0.2) is 22.8 Å². The average molecular weight is 294 g/mol. The first-order valence-electron chi connectivity index (χ1n) is 5.29. The summed E-state index contributed by atoms with van der Waals surface area (Å²) in [6, 6.07) is 1.35. The molecule has 20 heavy (non-hydrogen) atoms. The number of H-pyrrole nitrogens is 1. The highest BCUT2D eigenvalue weighted by Gasteiger charge is 2.27. The minimum Gasteiger partial charge on any atom is -0.364 e. The van der Waals surface area contributed by atoms with E-state index >= 15 is 0 Å². The Kier molecular flexibility index (Phi) is 3.71. The molecule has 0 saturated heterocycles. The topological polar surface area (TPSA) is 55.0 Å². The van der Waals surface area contributed by atoms with Crippen molar-refractivity contribution < 1.29 is 26.7 Å². The number of hydrogen-bond acceptors (Lipinski definition) is 3. The Morgan fingerprint density at radius 1 is 1.20 bits per heavy atom. The van der Waals surface area contributed by atoms with Gasteiger partial charge in [-0.2, -0.15) is 13.2 Å². The number of halogens is 5. The molecule has 0 aliphatic carbocycles. The Morgan fingerprint density at radius 3 is 2.50 bits per heavy atom. The maximum atomic E-state index is 13.0. The molecule has 1 heterocycles. The van der Waals surface area contributed by atoms with Crippen LogP contribution >= 0.6 is 0 Å². The van der Waals surface area contributed by atoms with Gasteiger partial charge in [-0.3, -0.25) is 4.79 Å². The average Bonchev–Trinajstić information content (AvgIpc) is 2.30. The van der Waals surface area contributed by atoms with Gasteiger partial charge in [-0.15, -0.1) is 0 Å². The Labute approximate surface area is 108 Å². The van der Waals surface area contributed by atoms with Crippen molar-refractivity contribution in [2.24, 2.45) is 0 Å². The minimum atomic E-state index is -4.51. The van der Waals surface area contributed by atoms with Crippen molar-refractivity contribution in [2.75, 3.05) is 6.61 Å². The number of rotatable bonds is 3. The summed E-state index contributed by atoms with van der Waals surface area (Å²) in [5.74, 6) is -2.64. The Bertz CT molecular complexity index is 695. The lowest BCUT2D eigenvalue weighted by Crippen LogP contribution is -2.19. The second-order valence-corrected chi connectivity index (χ2v) is 3.90. The lowest BCUT2D eigenvalue weighted by molar-refractivity contribution is -0.177. The number of aromatic amines is 1. The number of benzene rings is 1. The second kappa shape index (κ2) is 5.16. The lowest BCUT2D eigenvalue weighted by Gasteiger charge is -2.07. The van der Waals surface area contributed by atoms with Crippen molar-refractivity contribution in [1.29, 1.82) is 0 Å². The third kappa shape index (κ3) is 3.29. The van der Waals surface area contributed by atoms with E-state index in [-0.39, 0.29) is 16.7 Å². The SMILES string of the molecule is O=c1[nH]c(COCC(F)(F)F)nc2cc(F)c(F)cc12. The van der Waals surface area contributed by atoms with Gasteiger partial charge in [0.1, 0.15) is 19.0 Å². The highest BCUT2D eigenvalue weighted by atomic mass is 19.4. The quantitative estimate of drug-likeness (QED) is 0.884. The van der Waals surface area contributed by atoms with Gasteiger partial charge in [0, 0.05) is 6.07 Å². The van der Waals surface area contributed by atoms with Crippen LogP contribution in [0.1, 0.15) is 5.82 Å². The van der Waals surface area contributed by atoms with Gasteiger partial charge in [0.05, 0.1) is 10.9 Å². The van der Waals surface area contributed by atoms with Gasteiger partial charge in [-0.05, 0) is 6.07 Å². The first-order chi connectivity index (χ1) is 9.26. The van der Waals surface area contributed by atoms with Crippen LogP contribution < -0.4 is 5.56 Å². The first kappa shape index (κ1) is 14.4. The van der Waals surface area contributed by atoms with Crippen molar-refractivity contribution >= 4 is 10.9 Å². The maximum absolute atomic E-state index is 13.0. The molecule has 2 aromatic rings. The van der Waals surface area contributed by atoms with Gasteiger partial charge in [-0.1, -0.05) is 0 Å². The monoisotopic (exact) mass is 294 g/mol. The molecule has 0 radical (unpaired) electrons. The van der Waals surface area contributed by atoms with Gasteiger partial charge in [0.15, 0.2) is 11.6 Å². The Hall–Kier alpha value is -2.03. The summed E-state index contributed by atoms with van der Waals surface area (Å²) in [7, 11) is 0. The summed E-state index contributed by atoms with van der Waals surface area (Å²) in [5, 5.41) is -0.205. The zero-order valence-electron chi connectivity index (χ0n) is 9.72. The fourth-order valence-corrected chi connectivity index (χ4v) is 1.51. The van der Waals surface area contributed by atoms with Crippen LogP contribution in [0, 0.1) is 11.6 Å². The van der Waals surface area contributed by atoms with Gasteiger partial charge in [0.25, 0.3) is 5.56 Å². The van der Waals surface area contributed by atoms with Gasteiger partial charge in [-0.25, -0.2) is 13.8 Å². The van der Waals surface area contributed by atoms with E-state index in [1.807, 2.05) is 0 Å². The minimum absolute atomic E-state index is 0.168. The number of nitrogens with one attached hydrogen (secondary N) is 1. The van der Waals surface area contributed by atoms with E-state index < -0.39 is 36.6 Å². The molecule has 4 nitrogen and oxygen atoms in total. The van der Waals surface area contributed by atoms with Crippen LogP contribution in [0.3, 0.4) is 0 Å². The molecule has 1 aromatic heterocycles. The summed E-state index contributed by atoms with van der Waals surface area (Å²) in [6.45, 7) is -2.11. The van der Waals surface area contributed by atoms with E-state index in [4.69, 9.17) is 0 Å². The second-order valence-electron chi connectivity index (χ2n) is 3.90. The predicted molar refractivity (Wildman–Crippen MR) is 58.0 cm³/mol. The van der Waals surface area contributed by atoms with Gasteiger partial charge in [0.2, 0.25) is 0 Å². The van der Waals surface area contributed by atoms with E-state index in [2.05, 4.69) is 14.7 Å². The van der Waals surface area contributed by atoms with Crippen molar-refractivity contribution in [2.45, 2.75) is 12.8 Å². The van der Waals surface area contributed by atoms with Crippen molar-refractivity contribution in [3.63, 3.8) is 0 Å². The standard InChI is InChI=1S/C11H7F5N2O2/c12-6-1-5-8(2-7(6)13)17-9(18-10(5)19)3-20-4-11(14,15)16/h1-2H,3-4H2,(H,17,18,19). The molecule has 0 fully saturated rings. The van der Waals surface area contributed by atoms with Crippen LogP contribution in [0.5, 0.6) is 0 Å². The number of hydrogen-bond donors (Lipinski definition) is 1. The van der Waals surface area contributed by atoms with Crippen LogP contribution in [0.2, 0.25) is 0 Å². The lowest BCUT2D eigenvalue weighted by atomic mass is 10.2. The molecular formula is C11H7F5N2O2. The Morgan fingerprint density at radius 2 is 1.85 bits per heavy atom. The number of alkyl halides is 3. The molecule has 108 valence electrons. The summed E-state index contributed by atoms with van der Waals surface area (Å²) in [5.41, 5.74) is -0.960. The number of fused-ring (bicyclic) bond motifs is 1. The van der Waals surface area contributed by atoms with E-state index in [0.717, 1.165) is 0 Å². The fourth-order valence-electron chi connectivity index (χ4n) is 1.51. The van der Waals surface area contributed by atoms with Crippen LogP contribution in [-0.2, 0) is 11.3 Å². The summed E-state index contributed by atoms with van der Waals surface area (Å²) in [6.07, 6.45) is -4.51. The van der Waals surface area contributed by atoms with E-state index in [1.54, 1.807) is 0 Å². The van der Waals surface area contributed by atoms with Gasteiger partial charge >= 0.3 is 6.18 Å². The molecule has 0 bridgehead atoms. The van der Waals surface area contributed by atoms with E-state index in [9.17, 15) is 26.7 Å². The maximum Gasteiger partial charge on any atom is 0.411 e. The summed E-state index contributed by atoms with van der Waals surface area (Å²) >= 11 is 0. The largest absolute Gasteiger partial charge is 0.411 e. The molecule has 0 spiro atoms. The van der Waals surface area contributed by atoms with E-state index in [0.29, 0.717) is 12.1 Å². The van der Waals surface area contributed by atoms with Crippen LogP contribution in [0.4, 0.5) is 22.0 Å². The number of nitrogens with zero attached hydrogens (tertiary/aromatic N) is 1. The zero-order valence-corrected chi connectivity index (χ0v) is 9.72. The molecule has 0 amide bonds. The van der Waals surface area contributed by atoms with E-state index in [1.165, 1.54) is 0 Å². The summed E-state index contributed by atoms with van der Waals surface area (Å²) < 4.78 is 65.9. The molecule has 1 N–H and O–H groups in total. The highest BCUT2D eigenvalue weighted by Crippen LogP contribution is 2.16. The van der Waals surface area contributed by atoms with Crippen molar-refractivity contribution in [3.8, 4) is 0 Å². The fraction of sp³-hybridized carbons (Fsp3) is 0.273. The smallest absolute Gasteiger partial charge is 0.364 e. The van der Waals surface area contributed by atoms with Crippen LogP contribution in [0.25, 0.3) is 10.9 Å². The normalized spacial score (nSPS) is 12.1.